The lowest BCUT2D eigenvalue weighted by Gasteiger charge is -2.07. The summed E-state index contributed by atoms with van der Waals surface area (Å²) in [5.74, 6) is 2.95. The second-order valence-electron chi connectivity index (χ2n) is 5.75. The molecule has 4 aromatic rings. The molecular formula is C19H15ClN4O4S. The third-order valence-electron chi connectivity index (χ3n) is 3.92. The van der Waals surface area contributed by atoms with E-state index in [9.17, 15) is 0 Å². The molecule has 2 aromatic heterocycles. The number of halogens is 1. The van der Waals surface area contributed by atoms with Gasteiger partial charge in [-0.1, -0.05) is 28.5 Å². The molecule has 0 amide bonds. The molecule has 0 saturated carbocycles. The molecule has 0 radical (unpaired) electrons. The van der Waals surface area contributed by atoms with Gasteiger partial charge in [0.25, 0.3) is 11.1 Å². The van der Waals surface area contributed by atoms with Crippen LogP contribution >= 0.6 is 23.4 Å². The predicted octanol–water partition coefficient (Wildman–Crippen LogP) is 4.75. The molecule has 0 unspecified atom stereocenters. The largest absolute Gasteiger partial charge is 0.493 e. The van der Waals surface area contributed by atoms with Crippen LogP contribution < -0.4 is 9.47 Å². The molecule has 0 aliphatic heterocycles. The summed E-state index contributed by atoms with van der Waals surface area (Å²) in [5, 5.41) is 13.2. The van der Waals surface area contributed by atoms with Crippen LogP contribution in [0.2, 0.25) is 5.02 Å². The van der Waals surface area contributed by atoms with Crippen LogP contribution in [0.25, 0.3) is 22.9 Å². The standard InChI is InChI=1S/C19H15ClN4O4S/c1-25-14-8-5-12(9-15(14)26-2)18-22-23-19(27-18)29-10-16-21-17(28-24-16)11-3-6-13(20)7-4-11/h3-9H,10H2,1-2H3. The van der Waals surface area contributed by atoms with Gasteiger partial charge in [-0.15, -0.1) is 10.2 Å². The maximum absolute atomic E-state index is 5.89. The highest BCUT2D eigenvalue weighted by Crippen LogP contribution is 2.33. The molecule has 0 atom stereocenters. The first kappa shape index (κ1) is 19.3. The van der Waals surface area contributed by atoms with Crippen LogP contribution in [0.3, 0.4) is 0 Å². The molecule has 8 nitrogen and oxygen atoms in total. The van der Waals surface area contributed by atoms with E-state index in [2.05, 4.69) is 20.3 Å². The highest BCUT2D eigenvalue weighted by molar-refractivity contribution is 7.98. The van der Waals surface area contributed by atoms with Crippen molar-refractivity contribution < 1.29 is 18.4 Å². The van der Waals surface area contributed by atoms with Crippen LogP contribution in [0.4, 0.5) is 0 Å². The van der Waals surface area contributed by atoms with E-state index in [0.29, 0.717) is 45.1 Å². The fourth-order valence-electron chi connectivity index (χ4n) is 2.50. The predicted molar refractivity (Wildman–Crippen MR) is 107 cm³/mol. The molecule has 0 N–H and O–H groups in total. The monoisotopic (exact) mass is 430 g/mol. The van der Waals surface area contributed by atoms with Crippen molar-refractivity contribution in [3.05, 3.63) is 53.3 Å². The third-order valence-corrected chi connectivity index (χ3v) is 4.99. The average molecular weight is 431 g/mol. The van der Waals surface area contributed by atoms with Crippen molar-refractivity contribution in [2.75, 3.05) is 14.2 Å². The van der Waals surface area contributed by atoms with Crippen LogP contribution in [0.15, 0.2) is 56.6 Å². The summed E-state index contributed by atoms with van der Waals surface area (Å²) in [5.41, 5.74) is 1.53. The van der Waals surface area contributed by atoms with Gasteiger partial charge in [0.1, 0.15) is 0 Å². The van der Waals surface area contributed by atoms with Gasteiger partial charge in [-0.25, -0.2) is 0 Å². The Balaban J connectivity index is 1.43. The van der Waals surface area contributed by atoms with Gasteiger partial charge in [0.2, 0.25) is 5.89 Å². The maximum Gasteiger partial charge on any atom is 0.277 e. The summed E-state index contributed by atoms with van der Waals surface area (Å²) in [6.07, 6.45) is 0. The maximum atomic E-state index is 5.89. The van der Waals surface area contributed by atoms with Gasteiger partial charge in [0.15, 0.2) is 17.3 Å². The number of rotatable bonds is 7. The van der Waals surface area contributed by atoms with E-state index in [1.807, 2.05) is 18.2 Å². The molecule has 0 spiro atoms. The van der Waals surface area contributed by atoms with Crippen molar-refractivity contribution >= 4 is 23.4 Å². The van der Waals surface area contributed by atoms with Crippen LogP contribution in [-0.2, 0) is 5.75 Å². The van der Waals surface area contributed by atoms with Gasteiger partial charge >= 0.3 is 0 Å². The van der Waals surface area contributed by atoms with Gasteiger partial charge in [-0.3, -0.25) is 0 Å². The molecule has 0 fully saturated rings. The zero-order chi connectivity index (χ0) is 20.2. The minimum Gasteiger partial charge on any atom is -0.493 e. The van der Waals surface area contributed by atoms with Gasteiger partial charge < -0.3 is 18.4 Å². The first-order chi connectivity index (χ1) is 14.2. The average Bonchev–Trinajstić information content (AvgIpc) is 3.42. The number of hydrogen-bond donors (Lipinski definition) is 0. The number of hydrogen-bond acceptors (Lipinski definition) is 9. The van der Waals surface area contributed by atoms with Crippen molar-refractivity contribution in [2.24, 2.45) is 0 Å². The Morgan fingerprint density at radius 3 is 2.45 bits per heavy atom. The Labute approximate surface area is 175 Å². The molecule has 4 rings (SSSR count). The zero-order valence-electron chi connectivity index (χ0n) is 15.5. The third kappa shape index (κ3) is 4.36. The molecule has 10 heteroatoms. The van der Waals surface area contributed by atoms with Gasteiger partial charge in [-0.2, -0.15) is 4.98 Å². The Kier molecular flexibility index (Phi) is 5.68. The smallest absolute Gasteiger partial charge is 0.277 e. The normalized spacial score (nSPS) is 10.9. The molecule has 148 valence electrons. The SMILES string of the molecule is COc1ccc(-c2nnc(SCc3noc(-c4ccc(Cl)cc4)n3)o2)cc1OC. The Hall–Kier alpha value is -3.04. The summed E-state index contributed by atoms with van der Waals surface area (Å²) in [4.78, 5) is 4.37. The summed E-state index contributed by atoms with van der Waals surface area (Å²) >= 11 is 7.21. The molecule has 0 saturated heterocycles. The van der Waals surface area contributed by atoms with Crippen LogP contribution in [0, 0.1) is 0 Å². The quantitative estimate of drug-likeness (QED) is 0.384. The van der Waals surface area contributed by atoms with Gasteiger partial charge in [0.05, 0.1) is 20.0 Å². The van der Waals surface area contributed by atoms with Crippen LogP contribution in [0.1, 0.15) is 5.82 Å². The Morgan fingerprint density at radius 2 is 1.69 bits per heavy atom. The van der Waals surface area contributed by atoms with E-state index in [0.717, 1.165) is 11.1 Å². The molecule has 2 heterocycles. The van der Waals surface area contributed by atoms with E-state index in [1.54, 1.807) is 38.5 Å². The fraction of sp³-hybridized carbons (Fsp3) is 0.158. The van der Waals surface area contributed by atoms with Gasteiger partial charge in [0, 0.05) is 16.1 Å². The van der Waals surface area contributed by atoms with Crippen LogP contribution in [0.5, 0.6) is 11.5 Å². The molecule has 29 heavy (non-hydrogen) atoms. The number of aromatic nitrogens is 4. The minimum atomic E-state index is 0.378. The van der Waals surface area contributed by atoms with E-state index in [4.69, 9.17) is 30.0 Å². The number of nitrogens with zero attached hydrogens (tertiary/aromatic N) is 4. The highest BCUT2D eigenvalue weighted by Gasteiger charge is 2.14. The van der Waals surface area contributed by atoms with Crippen molar-refractivity contribution in [3.8, 4) is 34.4 Å². The van der Waals surface area contributed by atoms with Crippen molar-refractivity contribution in [1.29, 1.82) is 0 Å². The molecule has 0 aliphatic rings. The fourth-order valence-corrected chi connectivity index (χ4v) is 3.23. The first-order valence-electron chi connectivity index (χ1n) is 8.43. The molecule has 2 aromatic carbocycles. The van der Waals surface area contributed by atoms with E-state index >= 15 is 0 Å². The summed E-state index contributed by atoms with van der Waals surface area (Å²) < 4.78 is 21.5. The summed E-state index contributed by atoms with van der Waals surface area (Å²) in [6.45, 7) is 0. The first-order valence-corrected chi connectivity index (χ1v) is 9.80. The minimum absolute atomic E-state index is 0.378. The molecular weight excluding hydrogens is 416 g/mol. The highest BCUT2D eigenvalue weighted by atomic mass is 35.5. The molecule has 0 aliphatic carbocycles. The second-order valence-corrected chi connectivity index (χ2v) is 7.12. The van der Waals surface area contributed by atoms with Crippen LogP contribution in [-0.4, -0.2) is 34.6 Å². The Bertz CT molecular complexity index is 1110. The van der Waals surface area contributed by atoms with Crippen molar-refractivity contribution in [3.63, 3.8) is 0 Å². The topological polar surface area (TPSA) is 96.3 Å². The Morgan fingerprint density at radius 1 is 0.931 bits per heavy atom. The zero-order valence-corrected chi connectivity index (χ0v) is 17.0. The van der Waals surface area contributed by atoms with E-state index < -0.39 is 0 Å². The number of thioether (sulfide) groups is 1. The number of ether oxygens (including phenoxy) is 2. The number of methoxy groups -OCH3 is 2. The summed E-state index contributed by atoms with van der Waals surface area (Å²) in [7, 11) is 3.15. The van der Waals surface area contributed by atoms with Crippen molar-refractivity contribution in [2.45, 2.75) is 11.0 Å². The second kappa shape index (κ2) is 8.54. The van der Waals surface area contributed by atoms with E-state index in [-0.39, 0.29) is 0 Å². The van der Waals surface area contributed by atoms with E-state index in [1.165, 1.54) is 11.8 Å². The lowest BCUT2D eigenvalue weighted by molar-refractivity contribution is 0.355. The van der Waals surface area contributed by atoms with Gasteiger partial charge in [-0.05, 0) is 42.5 Å². The lowest BCUT2D eigenvalue weighted by atomic mass is 10.2. The lowest BCUT2D eigenvalue weighted by Crippen LogP contribution is -1.90. The molecule has 0 bridgehead atoms. The summed E-state index contributed by atoms with van der Waals surface area (Å²) in [6, 6.07) is 12.6. The number of benzene rings is 2. The van der Waals surface area contributed by atoms with Crippen molar-refractivity contribution in [1.82, 2.24) is 20.3 Å².